The van der Waals surface area contributed by atoms with Gasteiger partial charge in [-0.2, -0.15) is 0 Å². The van der Waals surface area contributed by atoms with Crippen LogP contribution in [0.3, 0.4) is 0 Å². The number of rotatable bonds is 0. The van der Waals surface area contributed by atoms with Crippen LogP contribution in [0.4, 0.5) is 0 Å². The zero-order chi connectivity index (χ0) is 2.00. The molecule has 0 aromatic carbocycles. The average molecular weight is 95.0 g/mol. The first-order chi connectivity index (χ1) is 1.00. The fourth-order valence-electron chi connectivity index (χ4n) is 0. The van der Waals surface area contributed by atoms with Crippen LogP contribution >= 0.6 is 0 Å². The summed E-state index contributed by atoms with van der Waals surface area (Å²) in [4.78, 5) is 0. The maximum absolute atomic E-state index is 3.19. The van der Waals surface area contributed by atoms with Gasteiger partial charge >= 0.3 is 22.2 Å². The van der Waals surface area contributed by atoms with Crippen LogP contribution in [0.2, 0.25) is 0 Å². The normalized spacial score (nSPS) is 1.50. The van der Waals surface area contributed by atoms with Gasteiger partial charge in [-0.1, -0.05) is 0 Å². The smallest absolute Gasteiger partial charge is 0.358 e. The molecule has 0 rings (SSSR count). The standard InChI is InChI=1S/2CH3.CH2.V/h2*1H3;1H2;/q2*-1;;+2. The molecule has 0 radical (unpaired) electrons. The fraction of sp³-hybridized carbons (Fsp3) is 0. The minimum Gasteiger partial charge on any atom is -0.358 e. The molecule has 0 N–H and O–H groups in total. The van der Waals surface area contributed by atoms with E-state index in [9.17, 15) is 0 Å². The summed E-state index contributed by atoms with van der Waals surface area (Å²) >= 11 is 2.06. The second-order valence-electron chi connectivity index (χ2n) is 0. The molecule has 0 spiro atoms. The zero-order valence-electron chi connectivity index (χ0n) is 3.15. The molecule has 0 bridgehead atoms. The first-order valence-electron chi connectivity index (χ1n) is 0.316. The molecule has 0 amide bonds. The van der Waals surface area contributed by atoms with Crippen molar-refractivity contribution in [1.29, 1.82) is 0 Å². The Labute approximate surface area is 37.7 Å². The molecule has 0 saturated carbocycles. The minimum atomic E-state index is 0. The van der Waals surface area contributed by atoms with Gasteiger partial charge in [-0.3, -0.25) is 0 Å². The summed E-state index contributed by atoms with van der Waals surface area (Å²) in [5.41, 5.74) is 0. The summed E-state index contributed by atoms with van der Waals surface area (Å²) in [7, 11) is 0. The molecule has 0 nitrogen and oxygen atoms in total. The molecule has 1 heteroatoms. The van der Waals surface area contributed by atoms with Crippen molar-refractivity contribution >= 4 is 5.23 Å². The van der Waals surface area contributed by atoms with Gasteiger partial charge in [-0.25, -0.2) is 0 Å². The molecule has 0 aromatic rings. The van der Waals surface area contributed by atoms with Crippen LogP contribution in [0, 0.1) is 14.9 Å². The third kappa shape index (κ3) is 25.1. The molecule has 0 heterocycles. The van der Waals surface area contributed by atoms with E-state index in [1.165, 1.54) is 0 Å². The van der Waals surface area contributed by atoms with Crippen LogP contribution in [0.25, 0.3) is 0 Å². The van der Waals surface area contributed by atoms with Gasteiger partial charge in [0, 0.05) is 0 Å². The number of hydrogen-bond donors (Lipinski definition) is 0. The maximum Gasteiger partial charge on any atom is -0.358 e. The van der Waals surface area contributed by atoms with Crippen LogP contribution in [0.5, 0.6) is 0 Å². The van der Waals surface area contributed by atoms with Gasteiger partial charge in [0.05, 0.1) is 0 Å². The van der Waals surface area contributed by atoms with Gasteiger partial charge in [-0.05, 0) is 0 Å². The summed E-state index contributed by atoms with van der Waals surface area (Å²) in [6.07, 6.45) is 0. The Morgan fingerprint density at radius 2 is 1.00 bits per heavy atom. The Hall–Kier alpha value is 0.454. The molecule has 4 heavy (non-hydrogen) atoms. The molecule has 0 aliphatic heterocycles. The van der Waals surface area contributed by atoms with Crippen molar-refractivity contribution in [3.63, 3.8) is 0 Å². The summed E-state index contributed by atoms with van der Waals surface area (Å²) in [5.74, 6) is 0. The predicted molar refractivity (Wildman–Crippen MR) is 19.9 cm³/mol. The third-order valence-corrected chi connectivity index (χ3v) is 0. The van der Waals surface area contributed by atoms with E-state index < -0.39 is 0 Å². The Balaban J connectivity index is -0.00000000500. The third-order valence-electron chi connectivity index (χ3n) is 0. The summed E-state index contributed by atoms with van der Waals surface area (Å²) in [6, 6.07) is 0. The predicted octanol–water partition coefficient (Wildman–Crippen LogP) is 0.866. The summed E-state index contributed by atoms with van der Waals surface area (Å²) in [6.45, 7) is 0. The van der Waals surface area contributed by atoms with E-state index in [0.717, 1.165) is 0 Å². The van der Waals surface area contributed by atoms with E-state index in [2.05, 4.69) is 22.2 Å². The van der Waals surface area contributed by atoms with Crippen molar-refractivity contribution < 1.29 is 17.0 Å². The van der Waals surface area contributed by atoms with Crippen molar-refractivity contribution in [1.82, 2.24) is 0 Å². The molecule has 0 saturated heterocycles. The first-order valence-corrected chi connectivity index (χ1v) is 1.30. The van der Waals surface area contributed by atoms with E-state index >= 15 is 0 Å². The molecule has 0 aliphatic rings. The maximum atomic E-state index is 3.19. The summed E-state index contributed by atoms with van der Waals surface area (Å²) < 4.78 is 0. The summed E-state index contributed by atoms with van der Waals surface area (Å²) in [5, 5.41) is 3.19. The Morgan fingerprint density at radius 1 is 1.00 bits per heavy atom. The molecule has 0 fully saturated rings. The van der Waals surface area contributed by atoms with Crippen molar-refractivity contribution in [2.75, 3.05) is 0 Å². The zero-order valence-corrected chi connectivity index (χ0v) is 4.55. The van der Waals surface area contributed by atoms with Gasteiger partial charge in [0.15, 0.2) is 0 Å². The van der Waals surface area contributed by atoms with E-state index in [-0.39, 0.29) is 14.9 Å². The quantitative estimate of drug-likeness (QED) is 0.391. The van der Waals surface area contributed by atoms with Gasteiger partial charge in [-0.15, -0.1) is 0 Å². The van der Waals surface area contributed by atoms with Gasteiger partial charge in [0.1, 0.15) is 0 Å². The second kappa shape index (κ2) is 101. The molecular weight excluding hydrogens is 87.0 g/mol. The van der Waals surface area contributed by atoms with E-state index in [1.54, 1.807) is 0 Å². The van der Waals surface area contributed by atoms with E-state index in [1.807, 2.05) is 0 Å². The molecule has 0 atom stereocenters. The fourth-order valence-corrected chi connectivity index (χ4v) is 0. The van der Waals surface area contributed by atoms with Crippen molar-refractivity contribution in [3.8, 4) is 0 Å². The van der Waals surface area contributed by atoms with Crippen molar-refractivity contribution in [3.05, 3.63) is 14.9 Å². The van der Waals surface area contributed by atoms with E-state index in [4.69, 9.17) is 0 Å². The monoisotopic (exact) mass is 95.0 g/mol. The van der Waals surface area contributed by atoms with Gasteiger partial charge < -0.3 is 14.9 Å². The van der Waals surface area contributed by atoms with Crippen LogP contribution in [-0.2, 0) is 17.0 Å². The van der Waals surface area contributed by atoms with Crippen LogP contribution < -0.4 is 0 Å². The van der Waals surface area contributed by atoms with Crippen molar-refractivity contribution in [2.45, 2.75) is 0 Å². The van der Waals surface area contributed by atoms with E-state index in [0.29, 0.717) is 0 Å². The molecule has 0 aromatic heterocycles. The largest absolute Gasteiger partial charge is 0.358 e. The molecule has 0 aliphatic carbocycles. The Kier molecular flexibility index (Phi) is 633. The van der Waals surface area contributed by atoms with Crippen LogP contribution in [-0.4, -0.2) is 5.23 Å². The molecule has 0 unspecified atom stereocenters. The van der Waals surface area contributed by atoms with Crippen LogP contribution in [0.15, 0.2) is 0 Å². The number of hydrogen-bond acceptors (Lipinski definition) is 0. The van der Waals surface area contributed by atoms with Crippen LogP contribution in [0.1, 0.15) is 0 Å². The Morgan fingerprint density at radius 3 is 1.00 bits per heavy atom. The first kappa shape index (κ1) is 25.1. The minimum absolute atomic E-state index is 0. The van der Waals surface area contributed by atoms with Gasteiger partial charge in [0.25, 0.3) is 0 Å². The van der Waals surface area contributed by atoms with Gasteiger partial charge in [0.2, 0.25) is 0 Å². The second-order valence-corrected chi connectivity index (χ2v) is 0. The SMILES string of the molecule is [CH2]=[V+2].[CH3-].[CH3-]. The molecule has 25 valence electrons. The topological polar surface area (TPSA) is 0 Å². The van der Waals surface area contributed by atoms with Crippen molar-refractivity contribution in [2.24, 2.45) is 0 Å². The molecular formula is C3H8V. The Bertz CT molecular complexity index is 3.25. The average Bonchev–Trinajstić information content (AvgIpc) is 1.00.